The van der Waals surface area contributed by atoms with E-state index in [1.807, 2.05) is 54.9 Å². The second-order valence-electron chi connectivity index (χ2n) is 12.4. The molecule has 0 bridgehead atoms. The van der Waals surface area contributed by atoms with Crippen molar-refractivity contribution in [1.82, 2.24) is 19.9 Å². The van der Waals surface area contributed by atoms with Gasteiger partial charge < -0.3 is 4.42 Å². The minimum atomic E-state index is 0.574. The molecule has 0 atom stereocenters. The Morgan fingerprint density at radius 3 is 1.72 bits per heavy atom. The molecule has 9 aromatic rings. The normalized spacial score (nSPS) is 11.3. The fraction of sp³-hybridized carbons (Fsp3) is 0.0222. The molecule has 0 unspecified atom stereocenters. The first-order chi connectivity index (χ1) is 24.7. The van der Waals surface area contributed by atoms with Gasteiger partial charge in [0.15, 0.2) is 17.5 Å². The van der Waals surface area contributed by atoms with Crippen LogP contribution in [0, 0.1) is 6.92 Å². The molecule has 50 heavy (non-hydrogen) atoms. The minimum Gasteiger partial charge on any atom is -0.456 e. The Bertz CT molecular complexity index is 2650. The standard InChI is InChI=1S/C45H30N4O/c1-29-24-37(28-46-27-29)34-14-8-15-35(25-34)44-47-43(33-20-18-31(19-21-33)30-10-4-2-5-11-30)48-45(49-44)36-22-23-39-41(26-36)50-40-17-9-16-38(42(39)40)32-12-6-3-7-13-32/h2-28H,1H3. The maximum atomic E-state index is 6.46. The number of benzene rings is 6. The highest BCUT2D eigenvalue weighted by Crippen LogP contribution is 2.38. The van der Waals surface area contributed by atoms with E-state index in [0.717, 1.165) is 77.6 Å². The summed E-state index contributed by atoms with van der Waals surface area (Å²) < 4.78 is 6.46. The van der Waals surface area contributed by atoms with E-state index in [2.05, 4.69) is 121 Å². The van der Waals surface area contributed by atoms with Crippen LogP contribution in [0.15, 0.2) is 168 Å². The van der Waals surface area contributed by atoms with Gasteiger partial charge >= 0.3 is 0 Å². The number of rotatable bonds is 6. The maximum absolute atomic E-state index is 6.46. The molecule has 0 N–H and O–H groups in total. The molecule has 3 heterocycles. The molecule has 0 aliphatic carbocycles. The molecule has 0 aliphatic rings. The van der Waals surface area contributed by atoms with E-state index >= 15 is 0 Å². The van der Waals surface area contributed by atoms with Crippen molar-refractivity contribution in [2.75, 3.05) is 0 Å². The average Bonchev–Trinajstić information content (AvgIpc) is 3.57. The third kappa shape index (κ3) is 5.51. The molecular formula is C45H30N4O. The monoisotopic (exact) mass is 642 g/mol. The zero-order chi connectivity index (χ0) is 33.4. The summed E-state index contributed by atoms with van der Waals surface area (Å²) in [5.74, 6) is 1.77. The SMILES string of the molecule is Cc1cncc(-c2cccc(-c3nc(-c4ccc(-c5ccccc5)cc4)nc(-c4ccc5c(c4)oc4cccc(-c6ccccc6)c45)n3)c2)c1. The highest BCUT2D eigenvalue weighted by molar-refractivity contribution is 6.13. The summed E-state index contributed by atoms with van der Waals surface area (Å²) in [6.07, 6.45) is 3.75. The zero-order valence-corrected chi connectivity index (χ0v) is 27.3. The summed E-state index contributed by atoms with van der Waals surface area (Å²) in [7, 11) is 0. The summed E-state index contributed by atoms with van der Waals surface area (Å²) in [6, 6.07) is 52.0. The van der Waals surface area contributed by atoms with Crippen molar-refractivity contribution in [3.8, 4) is 67.5 Å². The summed E-state index contributed by atoms with van der Waals surface area (Å²) in [5.41, 5.74) is 12.1. The molecule has 3 aromatic heterocycles. The van der Waals surface area contributed by atoms with Crippen molar-refractivity contribution in [1.29, 1.82) is 0 Å². The largest absolute Gasteiger partial charge is 0.456 e. The van der Waals surface area contributed by atoms with Gasteiger partial charge in [-0.05, 0) is 70.6 Å². The van der Waals surface area contributed by atoms with Crippen LogP contribution in [0.2, 0.25) is 0 Å². The first kappa shape index (κ1) is 29.4. The van der Waals surface area contributed by atoms with Gasteiger partial charge in [-0.1, -0.05) is 121 Å². The summed E-state index contributed by atoms with van der Waals surface area (Å²) in [5, 5.41) is 2.15. The molecule has 0 amide bonds. The third-order valence-corrected chi connectivity index (χ3v) is 9.05. The smallest absolute Gasteiger partial charge is 0.164 e. The lowest BCUT2D eigenvalue weighted by molar-refractivity contribution is 0.669. The summed E-state index contributed by atoms with van der Waals surface area (Å²) in [4.78, 5) is 19.6. The Labute approximate surface area is 289 Å². The fourth-order valence-corrected chi connectivity index (χ4v) is 6.58. The molecule has 0 spiro atoms. The van der Waals surface area contributed by atoms with Crippen LogP contribution in [0.3, 0.4) is 0 Å². The van der Waals surface area contributed by atoms with Crippen molar-refractivity contribution in [2.45, 2.75) is 6.92 Å². The van der Waals surface area contributed by atoms with E-state index in [1.54, 1.807) is 0 Å². The Hall–Kier alpha value is -6.72. The highest BCUT2D eigenvalue weighted by atomic mass is 16.3. The molecule has 0 aliphatic heterocycles. The number of fused-ring (bicyclic) bond motifs is 3. The predicted octanol–water partition coefficient (Wildman–Crippen LogP) is 11.5. The van der Waals surface area contributed by atoms with Crippen LogP contribution in [0.4, 0.5) is 0 Å². The van der Waals surface area contributed by atoms with Crippen LogP contribution in [-0.4, -0.2) is 19.9 Å². The van der Waals surface area contributed by atoms with E-state index in [0.29, 0.717) is 17.5 Å². The van der Waals surface area contributed by atoms with E-state index in [-0.39, 0.29) is 0 Å². The van der Waals surface area contributed by atoms with E-state index in [1.165, 1.54) is 0 Å². The lowest BCUT2D eigenvalue weighted by Gasteiger charge is -2.10. The molecule has 0 fully saturated rings. The second-order valence-corrected chi connectivity index (χ2v) is 12.4. The van der Waals surface area contributed by atoms with Crippen LogP contribution >= 0.6 is 0 Å². The molecular weight excluding hydrogens is 613 g/mol. The van der Waals surface area contributed by atoms with Crippen LogP contribution < -0.4 is 0 Å². The molecule has 0 radical (unpaired) electrons. The van der Waals surface area contributed by atoms with Crippen molar-refractivity contribution in [3.05, 3.63) is 170 Å². The van der Waals surface area contributed by atoms with E-state index in [9.17, 15) is 0 Å². The lowest BCUT2D eigenvalue weighted by Crippen LogP contribution is -2.00. The van der Waals surface area contributed by atoms with Crippen molar-refractivity contribution >= 4 is 21.9 Å². The summed E-state index contributed by atoms with van der Waals surface area (Å²) >= 11 is 0. The highest BCUT2D eigenvalue weighted by Gasteiger charge is 2.17. The number of nitrogens with zero attached hydrogens (tertiary/aromatic N) is 4. The van der Waals surface area contributed by atoms with E-state index < -0.39 is 0 Å². The van der Waals surface area contributed by atoms with Gasteiger partial charge in [-0.2, -0.15) is 0 Å². The van der Waals surface area contributed by atoms with Crippen molar-refractivity contribution in [2.24, 2.45) is 0 Å². The predicted molar refractivity (Wildman–Crippen MR) is 202 cm³/mol. The summed E-state index contributed by atoms with van der Waals surface area (Å²) in [6.45, 7) is 2.05. The number of aromatic nitrogens is 4. The van der Waals surface area contributed by atoms with E-state index in [4.69, 9.17) is 19.4 Å². The van der Waals surface area contributed by atoms with Gasteiger partial charge in [0, 0.05) is 45.4 Å². The Balaban J connectivity index is 1.18. The number of pyridine rings is 1. The van der Waals surface area contributed by atoms with Gasteiger partial charge in [-0.25, -0.2) is 15.0 Å². The Morgan fingerprint density at radius 2 is 0.980 bits per heavy atom. The number of hydrogen-bond acceptors (Lipinski definition) is 5. The molecule has 9 rings (SSSR count). The molecule has 6 aromatic carbocycles. The molecule has 0 saturated heterocycles. The minimum absolute atomic E-state index is 0.574. The lowest BCUT2D eigenvalue weighted by atomic mass is 9.99. The first-order valence-electron chi connectivity index (χ1n) is 16.6. The quantitative estimate of drug-likeness (QED) is 0.181. The number of hydrogen-bond donors (Lipinski definition) is 0. The number of aryl methyl sites for hydroxylation is 1. The van der Waals surface area contributed by atoms with Gasteiger partial charge in [0.05, 0.1) is 0 Å². The molecule has 236 valence electrons. The van der Waals surface area contributed by atoms with Gasteiger partial charge in [-0.3, -0.25) is 4.98 Å². The second kappa shape index (κ2) is 12.4. The Kier molecular flexibility index (Phi) is 7.29. The van der Waals surface area contributed by atoms with Gasteiger partial charge in [-0.15, -0.1) is 0 Å². The zero-order valence-electron chi connectivity index (χ0n) is 27.3. The molecule has 0 saturated carbocycles. The van der Waals surface area contributed by atoms with Crippen molar-refractivity contribution < 1.29 is 4.42 Å². The fourth-order valence-electron chi connectivity index (χ4n) is 6.58. The Morgan fingerprint density at radius 1 is 0.400 bits per heavy atom. The molecule has 5 heteroatoms. The third-order valence-electron chi connectivity index (χ3n) is 9.05. The first-order valence-corrected chi connectivity index (χ1v) is 16.6. The topological polar surface area (TPSA) is 64.7 Å². The number of furan rings is 1. The van der Waals surface area contributed by atoms with Crippen LogP contribution in [0.5, 0.6) is 0 Å². The maximum Gasteiger partial charge on any atom is 0.164 e. The van der Waals surface area contributed by atoms with Crippen molar-refractivity contribution in [3.63, 3.8) is 0 Å². The van der Waals surface area contributed by atoms with Gasteiger partial charge in [0.2, 0.25) is 0 Å². The average molecular weight is 643 g/mol. The van der Waals surface area contributed by atoms with Gasteiger partial charge in [0.1, 0.15) is 11.2 Å². The molecule has 5 nitrogen and oxygen atoms in total. The van der Waals surface area contributed by atoms with Crippen LogP contribution in [0.25, 0.3) is 89.5 Å². The van der Waals surface area contributed by atoms with Crippen LogP contribution in [0.1, 0.15) is 5.56 Å². The van der Waals surface area contributed by atoms with Gasteiger partial charge in [0.25, 0.3) is 0 Å². The van der Waals surface area contributed by atoms with Crippen LogP contribution in [-0.2, 0) is 0 Å².